The second kappa shape index (κ2) is 4.30. The van der Waals surface area contributed by atoms with Crippen LogP contribution in [-0.2, 0) is 0 Å². The van der Waals surface area contributed by atoms with Gasteiger partial charge in [-0.15, -0.1) is 23.2 Å². The molecule has 0 aliphatic carbocycles. The van der Waals surface area contributed by atoms with E-state index in [1.807, 2.05) is 6.92 Å². The summed E-state index contributed by atoms with van der Waals surface area (Å²) in [5.41, 5.74) is 7.22. The third kappa shape index (κ3) is 2.10. The van der Waals surface area contributed by atoms with Crippen molar-refractivity contribution in [3.8, 4) is 11.8 Å². The molecular weight excluding hydrogens is 166 g/mol. The molecule has 1 aromatic rings. The number of nitrogens with two attached hydrogens (primary N) is 1. The lowest BCUT2D eigenvalue weighted by Crippen LogP contribution is -2.08. The molecule has 12 heavy (non-hydrogen) atoms. The topological polar surface area (TPSA) is 26.0 Å². The van der Waals surface area contributed by atoms with E-state index in [4.69, 9.17) is 5.73 Å². The van der Waals surface area contributed by atoms with Gasteiger partial charge in [0.15, 0.2) is 0 Å². The molecule has 64 valence electrons. The standard InChI is InChI=1S/C10H13NS/c1-3-4-5-9(11)10-8(2)6-7-12-10/h6-7,9H,5,11H2,1-2H3. The van der Waals surface area contributed by atoms with Gasteiger partial charge in [0.25, 0.3) is 0 Å². The lowest BCUT2D eigenvalue weighted by atomic mass is 10.1. The van der Waals surface area contributed by atoms with Gasteiger partial charge >= 0.3 is 0 Å². The third-order valence-corrected chi connectivity index (χ3v) is 2.89. The Morgan fingerprint density at radius 2 is 2.42 bits per heavy atom. The number of rotatable bonds is 2. The van der Waals surface area contributed by atoms with Gasteiger partial charge in [0, 0.05) is 11.3 Å². The summed E-state index contributed by atoms with van der Waals surface area (Å²) in [7, 11) is 0. The molecule has 0 amide bonds. The van der Waals surface area contributed by atoms with Gasteiger partial charge in [-0.2, -0.15) is 0 Å². The van der Waals surface area contributed by atoms with Gasteiger partial charge in [0.05, 0.1) is 6.04 Å². The Kier molecular flexibility index (Phi) is 3.33. The molecule has 0 saturated carbocycles. The third-order valence-electron chi connectivity index (χ3n) is 1.74. The summed E-state index contributed by atoms with van der Waals surface area (Å²) in [6.45, 7) is 3.93. The molecule has 0 aliphatic heterocycles. The van der Waals surface area contributed by atoms with Gasteiger partial charge in [-0.1, -0.05) is 0 Å². The number of hydrogen-bond donors (Lipinski definition) is 1. The minimum absolute atomic E-state index is 0.0949. The lowest BCUT2D eigenvalue weighted by Gasteiger charge is -2.05. The first kappa shape index (κ1) is 9.31. The Labute approximate surface area is 77.6 Å². The van der Waals surface area contributed by atoms with Crippen molar-refractivity contribution in [2.24, 2.45) is 5.73 Å². The Morgan fingerprint density at radius 1 is 1.67 bits per heavy atom. The maximum Gasteiger partial charge on any atom is 0.0503 e. The summed E-state index contributed by atoms with van der Waals surface area (Å²) >= 11 is 1.72. The van der Waals surface area contributed by atoms with Crippen LogP contribution in [0.15, 0.2) is 11.4 Å². The van der Waals surface area contributed by atoms with E-state index in [1.165, 1.54) is 10.4 Å². The highest BCUT2D eigenvalue weighted by Gasteiger charge is 2.07. The first-order valence-electron chi connectivity index (χ1n) is 3.95. The SMILES string of the molecule is CC#CCC(N)c1sccc1C. The smallest absolute Gasteiger partial charge is 0.0503 e. The minimum Gasteiger partial charge on any atom is -0.322 e. The van der Waals surface area contributed by atoms with Crippen LogP contribution < -0.4 is 5.73 Å². The molecule has 0 saturated heterocycles. The Morgan fingerprint density at radius 3 is 2.92 bits per heavy atom. The molecule has 2 heteroatoms. The van der Waals surface area contributed by atoms with E-state index in [0.717, 1.165) is 6.42 Å². The maximum atomic E-state index is 5.93. The zero-order valence-electron chi connectivity index (χ0n) is 7.42. The van der Waals surface area contributed by atoms with Crippen molar-refractivity contribution in [3.63, 3.8) is 0 Å². The van der Waals surface area contributed by atoms with Crippen LogP contribution >= 0.6 is 11.3 Å². The fourth-order valence-corrected chi connectivity index (χ4v) is 2.00. The van der Waals surface area contributed by atoms with Crippen molar-refractivity contribution in [1.82, 2.24) is 0 Å². The first-order chi connectivity index (χ1) is 5.75. The van der Waals surface area contributed by atoms with Gasteiger partial charge in [-0.25, -0.2) is 0 Å². The summed E-state index contributed by atoms with van der Waals surface area (Å²) in [4.78, 5) is 1.26. The average molecular weight is 179 g/mol. The van der Waals surface area contributed by atoms with Gasteiger partial charge < -0.3 is 5.73 Å². The predicted molar refractivity (Wildman–Crippen MR) is 54.1 cm³/mol. The summed E-state index contributed by atoms with van der Waals surface area (Å²) < 4.78 is 0. The molecular formula is C10H13NS. The summed E-state index contributed by atoms with van der Waals surface area (Å²) in [5.74, 6) is 5.85. The Bertz CT molecular complexity index is 303. The highest BCUT2D eigenvalue weighted by Crippen LogP contribution is 2.23. The van der Waals surface area contributed by atoms with Crippen LogP contribution in [0.5, 0.6) is 0 Å². The first-order valence-corrected chi connectivity index (χ1v) is 4.83. The lowest BCUT2D eigenvalue weighted by molar-refractivity contribution is 0.765. The molecule has 1 rings (SSSR count). The monoisotopic (exact) mass is 179 g/mol. The minimum atomic E-state index is 0.0949. The molecule has 0 aliphatic rings. The average Bonchev–Trinajstić information content (AvgIpc) is 2.47. The van der Waals surface area contributed by atoms with Gasteiger partial charge in [0.1, 0.15) is 0 Å². The highest BCUT2D eigenvalue weighted by molar-refractivity contribution is 7.10. The van der Waals surface area contributed by atoms with Gasteiger partial charge in [-0.3, -0.25) is 0 Å². The molecule has 1 aromatic heterocycles. The summed E-state index contributed by atoms with van der Waals surface area (Å²) in [5, 5.41) is 2.07. The summed E-state index contributed by atoms with van der Waals surface area (Å²) in [6, 6.07) is 2.19. The fourth-order valence-electron chi connectivity index (χ4n) is 1.07. The molecule has 1 heterocycles. The molecule has 0 spiro atoms. The van der Waals surface area contributed by atoms with Crippen molar-refractivity contribution in [2.75, 3.05) is 0 Å². The zero-order chi connectivity index (χ0) is 8.97. The maximum absolute atomic E-state index is 5.93. The second-order valence-corrected chi connectivity index (χ2v) is 3.65. The van der Waals surface area contributed by atoms with Crippen LogP contribution in [0.2, 0.25) is 0 Å². The van der Waals surface area contributed by atoms with Crippen molar-refractivity contribution < 1.29 is 0 Å². The molecule has 0 radical (unpaired) electrons. The molecule has 1 atom stereocenters. The molecule has 0 bridgehead atoms. The molecule has 2 N–H and O–H groups in total. The van der Waals surface area contributed by atoms with Crippen LogP contribution in [0.25, 0.3) is 0 Å². The zero-order valence-corrected chi connectivity index (χ0v) is 8.24. The second-order valence-electron chi connectivity index (χ2n) is 2.71. The predicted octanol–water partition coefficient (Wildman–Crippen LogP) is 2.47. The normalized spacial score (nSPS) is 11.9. The van der Waals surface area contributed by atoms with E-state index in [0.29, 0.717) is 0 Å². The van der Waals surface area contributed by atoms with Crippen molar-refractivity contribution in [2.45, 2.75) is 26.3 Å². The molecule has 1 unspecified atom stereocenters. The fraction of sp³-hybridized carbons (Fsp3) is 0.400. The van der Waals surface area contributed by atoms with Crippen LogP contribution in [0.3, 0.4) is 0 Å². The Balaban J connectivity index is 2.68. The molecule has 0 aromatic carbocycles. The van der Waals surface area contributed by atoms with Crippen LogP contribution in [0.1, 0.15) is 29.8 Å². The number of hydrogen-bond acceptors (Lipinski definition) is 2. The quantitative estimate of drug-likeness (QED) is 0.693. The van der Waals surface area contributed by atoms with Crippen molar-refractivity contribution in [3.05, 3.63) is 21.9 Å². The number of aryl methyl sites for hydroxylation is 1. The van der Waals surface area contributed by atoms with E-state index in [1.54, 1.807) is 11.3 Å². The van der Waals surface area contributed by atoms with Gasteiger partial charge in [0.2, 0.25) is 0 Å². The van der Waals surface area contributed by atoms with E-state index < -0.39 is 0 Å². The largest absolute Gasteiger partial charge is 0.322 e. The summed E-state index contributed by atoms with van der Waals surface area (Å²) in [6.07, 6.45) is 0.762. The van der Waals surface area contributed by atoms with Crippen LogP contribution in [0.4, 0.5) is 0 Å². The van der Waals surface area contributed by atoms with E-state index in [-0.39, 0.29) is 6.04 Å². The van der Waals surface area contributed by atoms with E-state index in [9.17, 15) is 0 Å². The Hall–Kier alpha value is -0.780. The van der Waals surface area contributed by atoms with E-state index in [2.05, 4.69) is 30.2 Å². The van der Waals surface area contributed by atoms with Crippen molar-refractivity contribution >= 4 is 11.3 Å². The van der Waals surface area contributed by atoms with Crippen molar-refractivity contribution in [1.29, 1.82) is 0 Å². The van der Waals surface area contributed by atoms with Crippen LogP contribution in [-0.4, -0.2) is 0 Å². The molecule has 1 nitrogen and oxygen atoms in total. The molecule has 0 fully saturated rings. The van der Waals surface area contributed by atoms with Crippen LogP contribution in [0, 0.1) is 18.8 Å². The van der Waals surface area contributed by atoms with E-state index >= 15 is 0 Å². The highest BCUT2D eigenvalue weighted by atomic mass is 32.1. The number of thiophene rings is 1. The van der Waals surface area contributed by atoms with Gasteiger partial charge in [-0.05, 0) is 30.9 Å².